The van der Waals surface area contributed by atoms with Crippen molar-refractivity contribution < 1.29 is 31.4 Å². The number of aliphatic hydroxyl groups is 1. The summed E-state index contributed by atoms with van der Waals surface area (Å²) in [6.07, 6.45) is -8.58. The van der Waals surface area contributed by atoms with Crippen LogP contribution in [0.15, 0.2) is 30.1 Å². The molecule has 28 heavy (non-hydrogen) atoms. The molecule has 1 saturated heterocycles. The maximum atomic E-state index is 13.3. The van der Waals surface area contributed by atoms with Crippen LogP contribution in [0.3, 0.4) is 0 Å². The molecule has 0 unspecified atom stereocenters. The molecule has 156 valence electrons. The summed E-state index contributed by atoms with van der Waals surface area (Å²) in [4.78, 5) is 0. The minimum atomic E-state index is -5.20. The van der Waals surface area contributed by atoms with Gasteiger partial charge >= 0.3 is 12.4 Å². The molecule has 0 saturated carbocycles. The number of nitrogens with one attached hydrogen (secondary N) is 3. The summed E-state index contributed by atoms with van der Waals surface area (Å²) >= 11 is 0. The van der Waals surface area contributed by atoms with E-state index in [1.165, 1.54) is 0 Å². The zero-order chi connectivity index (χ0) is 20.9. The van der Waals surface area contributed by atoms with Crippen LogP contribution in [-0.4, -0.2) is 29.2 Å². The van der Waals surface area contributed by atoms with Crippen molar-refractivity contribution in [3.8, 4) is 0 Å². The molecule has 1 aromatic carbocycles. The molecule has 3 rings (SSSR count). The van der Waals surface area contributed by atoms with Gasteiger partial charge in [-0.15, -0.1) is 5.53 Å². The van der Waals surface area contributed by atoms with Crippen molar-refractivity contribution in [3.05, 3.63) is 46.8 Å². The highest BCUT2D eigenvalue weighted by Gasteiger charge is 2.46. The quantitative estimate of drug-likeness (QED) is 0.565. The van der Waals surface area contributed by atoms with Crippen molar-refractivity contribution in [1.82, 2.24) is 21.3 Å². The summed E-state index contributed by atoms with van der Waals surface area (Å²) in [7, 11) is 1.73. The highest BCUT2D eigenvalue weighted by Crippen LogP contribution is 2.44. The second kappa shape index (κ2) is 6.82. The summed E-state index contributed by atoms with van der Waals surface area (Å²) in [5.41, 5.74) is 0.872. The standard InChI is InChI=1S/C17H20F6N4O/c1-9-6-15(28,7-13(24-9)14-8-27(2)26-25-14)10-3-4-11(16(18,19)20)12(5-10)17(21,22)23/h3-5,8-9,13,24-26,28H,6-7H2,1-2H3/t9-,13-,15-/m0/s1. The fourth-order valence-electron chi connectivity index (χ4n) is 3.74. The number of nitrogens with zero attached hydrogens (tertiary/aromatic N) is 1. The van der Waals surface area contributed by atoms with Crippen LogP contribution in [0.1, 0.15) is 36.5 Å². The lowest BCUT2D eigenvalue weighted by Gasteiger charge is -2.42. The number of alkyl halides is 6. The minimum Gasteiger partial charge on any atom is -0.385 e. The van der Waals surface area contributed by atoms with Gasteiger partial charge in [-0.1, -0.05) is 6.07 Å². The van der Waals surface area contributed by atoms with Crippen LogP contribution >= 0.6 is 0 Å². The number of piperidine rings is 1. The lowest BCUT2D eigenvalue weighted by Crippen LogP contribution is -2.53. The SMILES string of the molecule is C[C@H]1C[C@@](O)(c2ccc(C(F)(F)F)c(C(F)(F)F)c2)C[C@@H](C2=CN(C)NN2)N1. The largest absolute Gasteiger partial charge is 0.417 e. The van der Waals surface area contributed by atoms with Gasteiger partial charge in [0.15, 0.2) is 0 Å². The van der Waals surface area contributed by atoms with Crippen molar-refractivity contribution in [1.29, 1.82) is 0 Å². The van der Waals surface area contributed by atoms with Crippen molar-refractivity contribution in [2.24, 2.45) is 0 Å². The first-order valence-corrected chi connectivity index (χ1v) is 8.53. The number of rotatable bonds is 2. The average molecular weight is 410 g/mol. The van der Waals surface area contributed by atoms with E-state index in [-0.39, 0.29) is 24.4 Å². The third-order valence-electron chi connectivity index (χ3n) is 4.92. The van der Waals surface area contributed by atoms with E-state index in [0.29, 0.717) is 17.8 Å². The zero-order valence-electron chi connectivity index (χ0n) is 15.0. The van der Waals surface area contributed by atoms with Crippen LogP contribution in [-0.2, 0) is 18.0 Å². The summed E-state index contributed by atoms with van der Waals surface area (Å²) in [6, 6.07) is 1.02. The van der Waals surface area contributed by atoms with Crippen LogP contribution < -0.4 is 16.3 Å². The molecule has 3 atom stereocenters. The Morgan fingerprint density at radius 1 is 1.07 bits per heavy atom. The van der Waals surface area contributed by atoms with E-state index in [4.69, 9.17) is 0 Å². The molecule has 0 radical (unpaired) electrons. The highest BCUT2D eigenvalue weighted by molar-refractivity contribution is 5.39. The number of benzene rings is 1. The lowest BCUT2D eigenvalue weighted by atomic mass is 9.77. The number of hydrogen-bond donors (Lipinski definition) is 4. The minimum absolute atomic E-state index is 0.00560. The third kappa shape index (κ3) is 4.06. The topological polar surface area (TPSA) is 59.6 Å². The molecule has 0 aromatic heterocycles. The van der Waals surface area contributed by atoms with Gasteiger partial charge in [0.25, 0.3) is 0 Å². The summed E-state index contributed by atoms with van der Waals surface area (Å²) in [5, 5.41) is 16.0. The van der Waals surface area contributed by atoms with Crippen LogP contribution in [0.4, 0.5) is 26.3 Å². The summed E-state index contributed by atoms with van der Waals surface area (Å²) < 4.78 is 78.8. The Labute approximate surface area is 157 Å². The molecule has 0 aliphatic carbocycles. The average Bonchev–Trinajstić information content (AvgIpc) is 2.98. The molecule has 1 aromatic rings. The highest BCUT2D eigenvalue weighted by atomic mass is 19.4. The van der Waals surface area contributed by atoms with Crippen LogP contribution in [0, 0.1) is 0 Å². The van der Waals surface area contributed by atoms with Gasteiger partial charge < -0.3 is 15.8 Å². The lowest BCUT2D eigenvalue weighted by molar-refractivity contribution is -0.162. The Morgan fingerprint density at radius 3 is 2.25 bits per heavy atom. The Morgan fingerprint density at radius 2 is 1.71 bits per heavy atom. The first-order chi connectivity index (χ1) is 12.8. The van der Waals surface area contributed by atoms with Gasteiger partial charge in [0.05, 0.1) is 28.5 Å². The molecule has 0 bridgehead atoms. The molecule has 2 heterocycles. The molecule has 5 nitrogen and oxygen atoms in total. The molecule has 4 N–H and O–H groups in total. The Bertz CT molecular complexity index is 778. The summed E-state index contributed by atoms with van der Waals surface area (Å²) in [6.45, 7) is 1.75. The van der Waals surface area contributed by atoms with Gasteiger partial charge in [-0.25, -0.2) is 0 Å². The van der Waals surface area contributed by atoms with E-state index in [9.17, 15) is 31.4 Å². The maximum Gasteiger partial charge on any atom is 0.417 e. The van der Waals surface area contributed by atoms with E-state index in [0.717, 1.165) is 6.07 Å². The normalized spacial score (nSPS) is 28.9. The first kappa shape index (κ1) is 20.7. The van der Waals surface area contributed by atoms with E-state index in [1.807, 2.05) is 0 Å². The van der Waals surface area contributed by atoms with Crippen molar-refractivity contribution >= 4 is 0 Å². The molecule has 1 fully saturated rings. The maximum absolute atomic E-state index is 13.3. The zero-order valence-corrected chi connectivity index (χ0v) is 15.0. The molecular weight excluding hydrogens is 390 g/mol. The van der Waals surface area contributed by atoms with Gasteiger partial charge in [-0.2, -0.15) is 26.3 Å². The summed E-state index contributed by atoms with van der Waals surface area (Å²) in [5.74, 6) is 0. The van der Waals surface area contributed by atoms with Gasteiger partial charge in [0.1, 0.15) is 0 Å². The molecule has 0 amide bonds. The number of hydrazine groups is 2. The first-order valence-electron chi connectivity index (χ1n) is 8.53. The molecular formula is C17H20F6N4O. The smallest absolute Gasteiger partial charge is 0.385 e. The molecule has 2 aliphatic heterocycles. The Hall–Kier alpha value is -1.98. The van der Waals surface area contributed by atoms with Crippen LogP contribution in [0.5, 0.6) is 0 Å². The van der Waals surface area contributed by atoms with Crippen LogP contribution in [0.25, 0.3) is 0 Å². The number of halogens is 6. The predicted molar refractivity (Wildman–Crippen MR) is 88.1 cm³/mol. The predicted octanol–water partition coefficient (Wildman–Crippen LogP) is 2.85. The molecule has 0 spiro atoms. The number of hydrogen-bond acceptors (Lipinski definition) is 5. The van der Waals surface area contributed by atoms with E-state index < -0.39 is 35.1 Å². The fraction of sp³-hybridized carbons (Fsp3) is 0.529. The second-order valence-corrected chi connectivity index (χ2v) is 7.25. The van der Waals surface area contributed by atoms with E-state index in [2.05, 4.69) is 16.3 Å². The van der Waals surface area contributed by atoms with Crippen molar-refractivity contribution in [2.75, 3.05) is 7.05 Å². The fourth-order valence-corrected chi connectivity index (χ4v) is 3.74. The second-order valence-electron chi connectivity index (χ2n) is 7.25. The monoisotopic (exact) mass is 410 g/mol. The third-order valence-corrected chi connectivity index (χ3v) is 4.92. The van der Waals surface area contributed by atoms with Gasteiger partial charge in [-0.3, -0.25) is 5.01 Å². The molecule has 2 aliphatic rings. The van der Waals surface area contributed by atoms with Gasteiger partial charge in [0.2, 0.25) is 0 Å². The molecule has 11 heteroatoms. The van der Waals surface area contributed by atoms with Crippen LogP contribution in [0.2, 0.25) is 0 Å². The van der Waals surface area contributed by atoms with Gasteiger partial charge in [0, 0.05) is 25.7 Å². The Balaban J connectivity index is 2.00. The Kier molecular flexibility index (Phi) is 5.05. The van der Waals surface area contributed by atoms with Crippen molar-refractivity contribution in [3.63, 3.8) is 0 Å². The van der Waals surface area contributed by atoms with E-state index >= 15 is 0 Å². The van der Waals surface area contributed by atoms with E-state index in [1.54, 1.807) is 25.2 Å². The van der Waals surface area contributed by atoms with Gasteiger partial charge in [-0.05, 0) is 31.0 Å². The van der Waals surface area contributed by atoms with Crippen molar-refractivity contribution in [2.45, 2.75) is 49.8 Å².